The van der Waals surface area contributed by atoms with Gasteiger partial charge in [0.1, 0.15) is 5.82 Å². The highest BCUT2D eigenvalue weighted by molar-refractivity contribution is 14.1. The Balaban J connectivity index is 1.78. The fourth-order valence-electron chi connectivity index (χ4n) is 2.87. The zero-order valence-corrected chi connectivity index (χ0v) is 14.3. The van der Waals surface area contributed by atoms with Crippen molar-refractivity contribution in [1.82, 2.24) is 5.32 Å². The van der Waals surface area contributed by atoms with E-state index >= 15 is 0 Å². The predicted octanol–water partition coefficient (Wildman–Crippen LogP) is 5.22. The van der Waals surface area contributed by atoms with Crippen LogP contribution in [-0.4, -0.2) is 0 Å². The third kappa shape index (κ3) is 3.07. The van der Waals surface area contributed by atoms with E-state index in [4.69, 9.17) is 0 Å². The maximum atomic E-state index is 13.3. The largest absolute Gasteiger partial charge is 0.303 e. The van der Waals surface area contributed by atoms with Gasteiger partial charge in [0.25, 0.3) is 0 Å². The maximum Gasteiger partial charge on any atom is 0.123 e. The predicted molar refractivity (Wildman–Crippen MR) is 90.7 cm³/mol. The van der Waals surface area contributed by atoms with Crippen LogP contribution in [0.15, 0.2) is 30.3 Å². The van der Waals surface area contributed by atoms with Crippen molar-refractivity contribution in [1.29, 1.82) is 0 Å². The van der Waals surface area contributed by atoms with Gasteiger partial charge in [-0.15, -0.1) is 11.3 Å². The first kappa shape index (κ1) is 14.5. The van der Waals surface area contributed by atoms with Crippen LogP contribution in [-0.2, 0) is 6.42 Å². The van der Waals surface area contributed by atoms with E-state index in [1.165, 1.54) is 38.7 Å². The quantitative estimate of drug-likeness (QED) is 0.696. The van der Waals surface area contributed by atoms with Crippen LogP contribution in [0.2, 0.25) is 0 Å². The molecule has 0 saturated heterocycles. The van der Waals surface area contributed by atoms with Crippen LogP contribution in [0.25, 0.3) is 0 Å². The number of halogens is 2. The number of aryl methyl sites for hydroxylation is 1. The molecule has 2 unspecified atom stereocenters. The lowest BCUT2D eigenvalue weighted by molar-refractivity contribution is 0.417. The monoisotopic (exact) mass is 401 g/mol. The lowest BCUT2D eigenvalue weighted by atomic mass is 9.93. The molecule has 0 spiro atoms. The Hall–Kier alpha value is -0.460. The van der Waals surface area contributed by atoms with Crippen molar-refractivity contribution < 1.29 is 4.39 Å². The van der Waals surface area contributed by atoms with Crippen LogP contribution in [0.3, 0.4) is 0 Å². The second-order valence-corrected chi connectivity index (χ2v) is 8.35. The fraction of sp³-hybridized carbons (Fsp3) is 0.375. The molecule has 0 bridgehead atoms. The SMILES string of the molecule is CC(NC1CCCc2sc(I)cc21)c1cccc(F)c1. The molecule has 1 aromatic carbocycles. The Labute approximate surface area is 136 Å². The molecule has 106 valence electrons. The number of hydrogen-bond donors (Lipinski definition) is 1. The number of fused-ring (bicyclic) bond motifs is 1. The van der Waals surface area contributed by atoms with Crippen LogP contribution in [0.4, 0.5) is 4.39 Å². The van der Waals surface area contributed by atoms with E-state index in [2.05, 4.69) is 40.9 Å². The molecule has 0 fully saturated rings. The zero-order valence-electron chi connectivity index (χ0n) is 11.3. The minimum atomic E-state index is -0.162. The molecule has 0 aliphatic heterocycles. The van der Waals surface area contributed by atoms with Gasteiger partial charge < -0.3 is 5.32 Å². The topological polar surface area (TPSA) is 12.0 Å². The summed E-state index contributed by atoms with van der Waals surface area (Å²) in [6, 6.07) is 9.76. The van der Waals surface area contributed by atoms with Crippen molar-refractivity contribution in [2.75, 3.05) is 0 Å². The smallest absolute Gasteiger partial charge is 0.123 e. The van der Waals surface area contributed by atoms with Gasteiger partial charge in [0, 0.05) is 17.0 Å². The number of rotatable bonds is 3. The van der Waals surface area contributed by atoms with Crippen molar-refractivity contribution >= 4 is 33.9 Å². The van der Waals surface area contributed by atoms with Gasteiger partial charge in [-0.25, -0.2) is 4.39 Å². The van der Waals surface area contributed by atoms with E-state index in [-0.39, 0.29) is 11.9 Å². The Morgan fingerprint density at radius 2 is 2.25 bits per heavy atom. The van der Waals surface area contributed by atoms with Gasteiger partial charge in [-0.05, 0) is 78.1 Å². The average Bonchev–Trinajstić information content (AvgIpc) is 2.80. The summed E-state index contributed by atoms with van der Waals surface area (Å²) < 4.78 is 14.7. The molecule has 2 atom stereocenters. The first-order chi connectivity index (χ1) is 9.63. The highest BCUT2D eigenvalue weighted by Gasteiger charge is 2.24. The molecule has 1 aromatic heterocycles. The van der Waals surface area contributed by atoms with Crippen LogP contribution < -0.4 is 5.32 Å². The normalized spacial score (nSPS) is 19.6. The minimum absolute atomic E-state index is 0.162. The summed E-state index contributed by atoms with van der Waals surface area (Å²) >= 11 is 4.31. The molecule has 1 N–H and O–H groups in total. The van der Waals surface area contributed by atoms with Gasteiger partial charge in [0.15, 0.2) is 0 Å². The van der Waals surface area contributed by atoms with Gasteiger partial charge >= 0.3 is 0 Å². The van der Waals surface area contributed by atoms with Crippen LogP contribution in [0, 0.1) is 8.70 Å². The summed E-state index contributed by atoms with van der Waals surface area (Å²) in [6.07, 6.45) is 3.60. The minimum Gasteiger partial charge on any atom is -0.303 e. The summed E-state index contributed by atoms with van der Waals surface area (Å²) in [5.74, 6) is -0.162. The third-order valence-electron chi connectivity index (χ3n) is 3.88. The third-order valence-corrected chi connectivity index (χ3v) is 5.85. The molecule has 0 amide bonds. The van der Waals surface area contributed by atoms with Crippen molar-refractivity contribution in [2.24, 2.45) is 0 Å². The van der Waals surface area contributed by atoms with E-state index in [1.807, 2.05) is 17.4 Å². The second kappa shape index (κ2) is 6.12. The van der Waals surface area contributed by atoms with Crippen LogP contribution in [0.5, 0.6) is 0 Å². The molecule has 4 heteroatoms. The second-order valence-electron chi connectivity index (χ2n) is 5.32. The first-order valence-electron chi connectivity index (χ1n) is 6.93. The van der Waals surface area contributed by atoms with Crippen molar-refractivity contribution in [2.45, 2.75) is 38.3 Å². The Morgan fingerprint density at radius 1 is 1.40 bits per heavy atom. The zero-order chi connectivity index (χ0) is 14.1. The first-order valence-corrected chi connectivity index (χ1v) is 8.82. The summed E-state index contributed by atoms with van der Waals surface area (Å²) in [6.45, 7) is 2.11. The Bertz CT molecular complexity index is 610. The van der Waals surface area contributed by atoms with Gasteiger partial charge in [0.05, 0.1) is 2.88 Å². The van der Waals surface area contributed by atoms with Gasteiger partial charge in [-0.1, -0.05) is 12.1 Å². The van der Waals surface area contributed by atoms with Crippen molar-refractivity contribution in [3.05, 3.63) is 55.0 Å². The van der Waals surface area contributed by atoms with E-state index in [0.29, 0.717) is 6.04 Å². The highest BCUT2D eigenvalue weighted by Crippen LogP contribution is 2.37. The molecule has 20 heavy (non-hydrogen) atoms. The molecule has 0 radical (unpaired) electrons. The van der Waals surface area contributed by atoms with Gasteiger partial charge in [-0.3, -0.25) is 0 Å². The van der Waals surface area contributed by atoms with E-state index < -0.39 is 0 Å². The van der Waals surface area contributed by atoms with Crippen LogP contribution >= 0.6 is 33.9 Å². The summed E-state index contributed by atoms with van der Waals surface area (Å²) in [5.41, 5.74) is 2.47. The Kier molecular flexibility index (Phi) is 4.43. The lowest BCUT2D eigenvalue weighted by Crippen LogP contribution is -2.27. The van der Waals surface area contributed by atoms with E-state index in [0.717, 1.165) is 5.56 Å². The lowest BCUT2D eigenvalue weighted by Gasteiger charge is -2.27. The number of benzene rings is 1. The fourth-order valence-corrected chi connectivity index (χ4v) is 4.99. The molecule has 1 aliphatic rings. The maximum absolute atomic E-state index is 13.3. The van der Waals surface area contributed by atoms with E-state index in [1.54, 1.807) is 12.1 Å². The molecular formula is C16H17FINS. The molecule has 2 aromatic rings. The molecular weight excluding hydrogens is 384 g/mol. The molecule has 0 saturated carbocycles. The van der Waals surface area contributed by atoms with Gasteiger partial charge in [-0.2, -0.15) is 0 Å². The van der Waals surface area contributed by atoms with Gasteiger partial charge in [0.2, 0.25) is 0 Å². The average molecular weight is 401 g/mol. The Morgan fingerprint density at radius 3 is 3.05 bits per heavy atom. The van der Waals surface area contributed by atoms with Crippen molar-refractivity contribution in [3.8, 4) is 0 Å². The summed E-state index contributed by atoms with van der Waals surface area (Å²) in [5, 5.41) is 3.67. The molecule has 3 rings (SSSR count). The summed E-state index contributed by atoms with van der Waals surface area (Å²) in [4.78, 5) is 1.52. The molecule has 1 nitrogen and oxygen atoms in total. The van der Waals surface area contributed by atoms with Crippen molar-refractivity contribution in [3.63, 3.8) is 0 Å². The number of thiophene rings is 1. The van der Waals surface area contributed by atoms with E-state index in [9.17, 15) is 4.39 Å². The van der Waals surface area contributed by atoms with Crippen LogP contribution in [0.1, 0.15) is 47.9 Å². The number of hydrogen-bond acceptors (Lipinski definition) is 2. The number of nitrogens with one attached hydrogen (secondary N) is 1. The summed E-state index contributed by atoms with van der Waals surface area (Å²) in [7, 11) is 0. The standard InChI is InChI=1S/C16H17FINS/c1-10(11-4-2-5-12(17)8-11)19-14-6-3-7-15-13(14)9-16(18)20-15/h2,4-5,8-10,14,19H,3,6-7H2,1H3. The molecule has 1 heterocycles. The molecule has 1 aliphatic carbocycles. The highest BCUT2D eigenvalue weighted by atomic mass is 127.